The van der Waals surface area contributed by atoms with E-state index in [0.29, 0.717) is 18.5 Å². The molecule has 1 fully saturated rings. The number of nitrogens with zero attached hydrogens (tertiary/aromatic N) is 3. The minimum absolute atomic E-state index is 0.0389. The first kappa shape index (κ1) is 10.8. The Morgan fingerprint density at radius 1 is 1.50 bits per heavy atom. The van der Waals surface area contributed by atoms with Crippen LogP contribution in [0, 0.1) is 5.82 Å². The molecule has 0 spiro atoms. The fraction of sp³-hybridized carbons (Fsp3) is 0.500. The summed E-state index contributed by atoms with van der Waals surface area (Å²) >= 11 is 0. The van der Waals surface area contributed by atoms with Crippen molar-refractivity contribution in [2.75, 3.05) is 11.4 Å². The van der Waals surface area contributed by atoms with E-state index in [1.165, 1.54) is 0 Å². The number of carbonyl (C=O) groups is 1. The van der Waals surface area contributed by atoms with Crippen LogP contribution in [0.1, 0.15) is 19.3 Å². The van der Waals surface area contributed by atoms with E-state index in [1.54, 1.807) is 0 Å². The average Bonchev–Trinajstić information content (AvgIpc) is 3.04. The maximum absolute atomic E-state index is 12.6. The van der Waals surface area contributed by atoms with Gasteiger partial charge < -0.3 is 10.0 Å². The average molecular weight is 225 g/mol. The first-order valence-corrected chi connectivity index (χ1v) is 5.13. The van der Waals surface area contributed by atoms with E-state index in [4.69, 9.17) is 5.11 Å². The maximum atomic E-state index is 12.6. The molecule has 1 saturated carbocycles. The largest absolute Gasteiger partial charge is 0.481 e. The van der Waals surface area contributed by atoms with Gasteiger partial charge in [0.05, 0.1) is 18.8 Å². The summed E-state index contributed by atoms with van der Waals surface area (Å²) in [6, 6.07) is 0.310. The Balaban J connectivity index is 2.06. The standard InChI is InChI=1S/C10H12FN3O2/c11-7-5-12-10(13-6-7)14(8-1-2-8)4-3-9(15)16/h5-6,8H,1-4H2,(H,15,16). The number of aromatic nitrogens is 2. The van der Waals surface area contributed by atoms with Crippen LogP contribution in [-0.4, -0.2) is 33.6 Å². The summed E-state index contributed by atoms with van der Waals surface area (Å²) in [5.74, 6) is -0.935. The molecular weight excluding hydrogens is 213 g/mol. The van der Waals surface area contributed by atoms with E-state index in [0.717, 1.165) is 25.2 Å². The molecule has 1 aliphatic carbocycles. The Kier molecular flexibility index (Phi) is 2.98. The van der Waals surface area contributed by atoms with E-state index in [1.807, 2.05) is 4.90 Å². The van der Waals surface area contributed by atoms with Gasteiger partial charge in [-0.05, 0) is 12.8 Å². The number of halogens is 1. The van der Waals surface area contributed by atoms with Gasteiger partial charge in [-0.15, -0.1) is 0 Å². The van der Waals surface area contributed by atoms with Crippen molar-refractivity contribution in [1.29, 1.82) is 0 Å². The molecule has 1 aromatic heterocycles. The Labute approximate surface area is 91.9 Å². The van der Waals surface area contributed by atoms with Crippen LogP contribution < -0.4 is 4.90 Å². The van der Waals surface area contributed by atoms with Crippen molar-refractivity contribution in [3.8, 4) is 0 Å². The monoisotopic (exact) mass is 225 g/mol. The lowest BCUT2D eigenvalue weighted by molar-refractivity contribution is -0.136. The molecule has 0 aromatic carbocycles. The molecular formula is C10H12FN3O2. The molecule has 0 radical (unpaired) electrons. The van der Waals surface area contributed by atoms with E-state index in [2.05, 4.69) is 9.97 Å². The quantitative estimate of drug-likeness (QED) is 0.811. The number of aliphatic carboxylic acids is 1. The number of carboxylic acid groups (broad SMARTS) is 1. The van der Waals surface area contributed by atoms with E-state index in [-0.39, 0.29) is 6.42 Å². The van der Waals surface area contributed by atoms with Crippen molar-refractivity contribution in [2.45, 2.75) is 25.3 Å². The predicted molar refractivity (Wildman–Crippen MR) is 54.6 cm³/mol. The fourth-order valence-corrected chi connectivity index (χ4v) is 1.50. The highest BCUT2D eigenvalue weighted by Crippen LogP contribution is 2.29. The first-order chi connectivity index (χ1) is 7.66. The maximum Gasteiger partial charge on any atom is 0.305 e. The molecule has 86 valence electrons. The number of anilines is 1. The molecule has 0 unspecified atom stereocenters. The zero-order valence-corrected chi connectivity index (χ0v) is 8.64. The van der Waals surface area contributed by atoms with Gasteiger partial charge in [-0.2, -0.15) is 0 Å². The van der Waals surface area contributed by atoms with Gasteiger partial charge in [-0.1, -0.05) is 0 Å². The Hall–Kier alpha value is -1.72. The van der Waals surface area contributed by atoms with Crippen LogP contribution >= 0.6 is 0 Å². The van der Waals surface area contributed by atoms with Gasteiger partial charge >= 0.3 is 5.97 Å². The topological polar surface area (TPSA) is 66.3 Å². The van der Waals surface area contributed by atoms with E-state index < -0.39 is 11.8 Å². The summed E-state index contributed by atoms with van der Waals surface area (Å²) in [5.41, 5.74) is 0. The summed E-state index contributed by atoms with van der Waals surface area (Å²) in [7, 11) is 0. The second-order valence-corrected chi connectivity index (χ2v) is 3.77. The smallest absolute Gasteiger partial charge is 0.305 e. The SMILES string of the molecule is O=C(O)CCN(c1ncc(F)cn1)C1CC1. The third-order valence-electron chi connectivity index (χ3n) is 2.42. The second kappa shape index (κ2) is 4.42. The molecule has 0 saturated heterocycles. The molecule has 0 bridgehead atoms. The fourth-order valence-electron chi connectivity index (χ4n) is 1.50. The van der Waals surface area contributed by atoms with Crippen molar-refractivity contribution in [3.63, 3.8) is 0 Å². The molecule has 0 amide bonds. The molecule has 6 heteroatoms. The predicted octanol–water partition coefficient (Wildman–Crippen LogP) is 1.06. The van der Waals surface area contributed by atoms with Gasteiger partial charge in [0.25, 0.3) is 0 Å². The van der Waals surface area contributed by atoms with Crippen molar-refractivity contribution >= 4 is 11.9 Å². The lowest BCUT2D eigenvalue weighted by Gasteiger charge is -2.20. The van der Waals surface area contributed by atoms with Crippen LogP contribution in [0.25, 0.3) is 0 Å². The molecule has 1 aromatic rings. The summed E-state index contributed by atoms with van der Waals surface area (Å²) in [4.78, 5) is 20.1. The molecule has 16 heavy (non-hydrogen) atoms. The van der Waals surface area contributed by atoms with Crippen molar-refractivity contribution < 1.29 is 14.3 Å². The van der Waals surface area contributed by atoms with Gasteiger partial charge in [-0.3, -0.25) is 4.79 Å². The highest BCUT2D eigenvalue weighted by atomic mass is 19.1. The highest BCUT2D eigenvalue weighted by molar-refractivity contribution is 5.67. The minimum atomic E-state index is -0.854. The zero-order chi connectivity index (χ0) is 11.5. The van der Waals surface area contributed by atoms with Gasteiger partial charge in [0, 0.05) is 12.6 Å². The normalized spacial score (nSPS) is 14.8. The van der Waals surface area contributed by atoms with Crippen LogP contribution in [0.5, 0.6) is 0 Å². The Morgan fingerprint density at radius 2 is 2.12 bits per heavy atom. The third-order valence-corrected chi connectivity index (χ3v) is 2.42. The third kappa shape index (κ3) is 2.65. The number of hydrogen-bond donors (Lipinski definition) is 1. The molecule has 0 atom stereocenters. The molecule has 5 nitrogen and oxygen atoms in total. The first-order valence-electron chi connectivity index (χ1n) is 5.13. The van der Waals surface area contributed by atoms with Gasteiger partial charge in [0.1, 0.15) is 0 Å². The number of rotatable bonds is 5. The summed E-state index contributed by atoms with van der Waals surface area (Å²) < 4.78 is 12.6. The van der Waals surface area contributed by atoms with Crippen molar-refractivity contribution in [2.24, 2.45) is 0 Å². The summed E-state index contributed by atoms with van der Waals surface area (Å²) in [6.07, 6.45) is 4.26. The molecule has 0 aliphatic heterocycles. The van der Waals surface area contributed by atoms with Crippen LogP contribution in [0.4, 0.5) is 10.3 Å². The van der Waals surface area contributed by atoms with Crippen LogP contribution in [0.2, 0.25) is 0 Å². The molecule has 1 heterocycles. The lowest BCUT2D eigenvalue weighted by atomic mass is 10.4. The van der Waals surface area contributed by atoms with Gasteiger partial charge in [-0.25, -0.2) is 14.4 Å². The van der Waals surface area contributed by atoms with Gasteiger partial charge in [0.2, 0.25) is 5.95 Å². The van der Waals surface area contributed by atoms with Crippen LogP contribution in [0.3, 0.4) is 0 Å². The van der Waals surface area contributed by atoms with E-state index >= 15 is 0 Å². The van der Waals surface area contributed by atoms with Crippen LogP contribution in [0.15, 0.2) is 12.4 Å². The molecule has 1 aliphatic rings. The second-order valence-electron chi connectivity index (χ2n) is 3.77. The number of hydrogen-bond acceptors (Lipinski definition) is 4. The highest BCUT2D eigenvalue weighted by Gasteiger charge is 2.30. The van der Waals surface area contributed by atoms with Crippen molar-refractivity contribution in [3.05, 3.63) is 18.2 Å². The summed E-state index contributed by atoms with van der Waals surface area (Å²) in [5, 5.41) is 8.63. The Bertz CT molecular complexity index is 378. The van der Waals surface area contributed by atoms with E-state index in [9.17, 15) is 9.18 Å². The minimum Gasteiger partial charge on any atom is -0.481 e. The molecule has 1 N–H and O–H groups in total. The van der Waals surface area contributed by atoms with Crippen LogP contribution in [-0.2, 0) is 4.79 Å². The zero-order valence-electron chi connectivity index (χ0n) is 8.64. The van der Waals surface area contributed by atoms with Crippen molar-refractivity contribution in [1.82, 2.24) is 9.97 Å². The molecule has 2 rings (SSSR count). The summed E-state index contributed by atoms with van der Waals surface area (Å²) in [6.45, 7) is 0.367. The number of carboxylic acids is 1. The van der Waals surface area contributed by atoms with Gasteiger partial charge in [0.15, 0.2) is 5.82 Å². The lowest BCUT2D eigenvalue weighted by Crippen LogP contribution is -2.30. The Morgan fingerprint density at radius 3 is 2.62 bits per heavy atom.